The molecule has 0 saturated carbocycles. The molecule has 2 heteroatoms. The summed E-state index contributed by atoms with van der Waals surface area (Å²) in [6, 6.07) is 9.29. The molecule has 0 aliphatic carbocycles. The van der Waals surface area contributed by atoms with Gasteiger partial charge < -0.3 is 9.80 Å². The first-order valence-electron chi connectivity index (χ1n) is 5.69. The molecule has 1 atom stereocenters. The predicted octanol–water partition coefficient (Wildman–Crippen LogP) is 2.14. The van der Waals surface area contributed by atoms with Gasteiger partial charge in [0.25, 0.3) is 0 Å². The maximum atomic E-state index is 2.52. The zero-order valence-corrected chi connectivity index (χ0v) is 9.90. The molecule has 1 aliphatic heterocycles. The van der Waals surface area contributed by atoms with Gasteiger partial charge in [0.15, 0.2) is 0 Å². The second-order valence-electron chi connectivity index (χ2n) is 4.59. The van der Waals surface area contributed by atoms with Crippen LogP contribution in [0.1, 0.15) is 12.5 Å². The number of hydrogen-bond donors (Lipinski definition) is 0. The largest absolute Gasteiger partial charge is 0.366 e. The fraction of sp³-hybridized carbons (Fsp3) is 0.538. The van der Waals surface area contributed by atoms with Crippen LogP contribution in [0.5, 0.6) is 0 Å². The number of piperazine rings is 1. The molecular formula is C13H20N2. The number of rotatable bonds is 1. The SMILES string of the molecule is Cc1ccccc1N1CCN(C)CC1C. The van der Waals surface area contributed by atoms with E-state index in [2.05, 4.69) is 55.0 Å². The van der Waals surface area contributed by atoms with E-state index in [0.717, 1.165) is 13.1 Å². The molecule has 1 aromatic carbocycles. The maximum absolute atomic E-state index is 2.52. The van der Waals surface area contributed by atoms with Gasteiger partial charge in [-0.25, -0.2) is 0 Å². The lowest BCUT2D eigenvalue weighted by molar-refractivity contribution is 0.275. The molecule has 1 aliphatic rings. The second kappa shape index (κ2) is 4.23. The highest BCUT2D eigenvalue weighted by molar-refractivity contribution is 5.54. The minimum Gasteiger partial charge on any atom is -0.366 e. The van der Waals surface area contributed by atoms with Gasteiger partial charge in [0.2, 0.25) is 0 Å². The van der Waals surface area contributed by atoms with E-state index in [4.69, 9.17) is 0 Å². The van der Waals surface area contributed by atoms with Gasteiger partial charge in [0.1, 0.15) is 0 Å². The number of benzene rings is 1. The van der Waals surface area contributed by atoms with E-state index in [9.17, 15) is 0 Å². The lowest BCUT2D eigenvalue weighted by Gasteiger charge is -2.40. The molecule has 0 aromatic heterocycles. The Morgan fingerprint density at radius 1 is 1.20 bits per heavy atom. The van der Waals surface area contributed by atoms with E-state index in [0.29, 0.717) is 6.04 Å². The second-order valence-corrected chi connectivity index (χ2v) is 4.59. The summed E-state index contributed by atoms with van der Waals surface area (Å²) in [6.07, 6.45) is 0. The summed E-state index contributed by atoms with van der Waals surface area (Å²) in [5.41, 5.74) is 2.78. The predicted molar refractivity (Wildman–Crippen MR) is 65.5 cm³/mol. The summed E-state index contributed by atoms with van der Waals surface area (Å²) in [5, 5.41) is 0. The van der Waals surface area contributed by atoms with Crippen LogP contribution in [0.15, 0.2) is 24.3 Å². The molecule has 82 valence electrons. The van der Waals surface area contributed by atoms with E-state index < -0.39 is 0 Å². The van der Waals surface area contributed by atoms with Crippen LogP contribution >= 0.6 is 0 Å². The van der Waals surface area contributed by atoms with Crippen molar-refractivity contribution in [1.29, 1.82) is 0 Å². The van der Waals surface area contributed by atoms with Gasteiger partial charge in [0, 0.05) is 31.4 Å². The molecule has 0 bridgehead atoms. The summed E-state index contributed by atoms with van der Waals surface area (Å²) in [7, 11) is 2.20. The number of hydrogen-bond acceptors (Lipinski definition) is 2. The van der Waals surface area contributed by atoms with Crippen LogP contribution in [0, 0.1) is 6.92 Å². The highest BCUT2D eigenvalue weighted by atomic mass is 15.3. The summed E-state index contributed by atoms with van der Waals surface area (Å²) >= 11 is 0. The smallest absolute Gasteiger partial charge is 0.0399 e. The van der Waals surface area contributed by atoms with Gasteiger partial charge in [0.05, 0.1) is 0 Å². The molecular weight excluding hydrogens is 184 g/mol. The highest BCUT2D eigenvalue weighted by Crippen LogP contribution is 2.23. The Morgan fingerprint density at radius 3 is 2.60 bits per heavy atom. The van der Waals surface area contributed by atoms with Crippen LogP contribution in [-0.4, -0.2) is 37.6 Å². The Balaban J connectivity index is 2.20. The van der Waals surface area contributed by atoms with Gasteiger partial charge in [-0.2, -0.15) is 0 Å². The van der Waals surface area contributed by atoms with Crippen molar-refractivity contribution in [3.63, 3.8) is 0 Å². The fourth-order valence-electron chi connectivity index (χ4n) is 2.38. The van der Waals surface area contributed by atoms with Crippen LogP contribution in [0.2, 0.25) is 0 Å². The Morgan fingerprint density at radius 2 is 1.93 bits per heavy atom. The molecule has 1 aromatic rings. The molecule has 0 amide bonds. The van der Waals surface area contributed by atoms with Crippen molar-refractivity contribution in [1.82, 2.24) is 4.90 Å². The van der Waals surface area contributed by atoms with Crippen molar-refractivity contribution < 1.29 is 0 Å². The first kappa shape index (κ1) is 10.5. The van der Waals surface area contributed by atoms with Crippen molar-refractivity contribution in [3.05, 3.63) is 29.8 Å². The van der Waals surface area contributed by atoms with Crippen LogP contribution < -0.4 is 4.90 Å². The average molecular weight is 204 g/mol. The fourth-order valence-corrected chi connectivity index (χ4v) is 2.38. The van der Waals surface area contributed by atoms with Gasteiger partial charge in [-0.05, 0) is 32.5 Å². The molecule has 15 heavy (non-hydrogen) atoms. The monoisotopic (exact) mass is 204 g/mol. The number of aryl methyl sites for hydroxylation is 1. The van der Waals surface area contributed by atoms with E-state index in [1.807, 2.05) is 0 Å². The first-order valence-corrected chi connectivity index (χ1v) is 5.69. The number of nitrogens with zero attached hydrogens (tertiary/aromatic N) is 2. The van der Waals surface area contributed by atoms with Crippen LogP contribution in [-0.2, 0) is 0 Å². The standard InChI is InChI=1S/C13H20N2/c1-11-6-4-5-7-13(11)15-9-8-14(3)10-12(15)2/h4-7,12H,8-10H2,1-3H3. The van der Waals surface area contributed by atoms with Crippen molar-refractivity contribution >= 4 is 5.69 Å². The van der Waals surface area contributed by atoms with Gasteiger partial charge >= 0.3 is 0 Å². The molecule has 1 saturated heterocycles. The molecule has 0 spiro atoms. The van der Waals surface area contributed by atoms with Crippen LogP contribution in [0.3, 0.4) is 0 Å². The molecule has 1 fully saturated rings. The van der Waals surface area contributed by atoms with E-state index >= 15 is 0 Å². The topological polar surface area (TPSA) is 6.48 Å². The number of likely N-dealkylation sites (N-methyl/N-ethyl adjacent to an activating group) is 1. The third-order valence-corrected chi connectivity index (χ3v) is 3.26. The molecule has 0 N–H and O–H groups in total. The summed E-state index contributed by atoms with van der Waals surface area (Å²) in [5.74, 6) is 0. The Hall–Kier alpha value is -1.02. The quantitative estimate of drug-likeness (QED) is 0.691. The van der Waals surface area contributed by atoms with Gasteiger partial charge in [-0.15, -0.1) is 0 Å². The van der Waals surface area contributed by atoms with Crippen molar-refractivity contribution in [2.45, 2.75) is 19.9 Å². The lowest BCUT2D eigenvalue weighted by atomic mass is 10.1. The summed E-state index contributed by atoms with van der Waals surface area (Å²) in [4.78, 5) is 4.93. The third-order valence-electron chi connectivity index (χ3n) is 3.26. The van der Waals surface area contributed by atoms with Crippen molar-refractivity contribution in [3.8, 4) is 0 Å². The highest BCUT2D eigenvalue weighted by Gasteiger charge is 2.22. The third kappa shape index (κ3) is 2.15. The Kier molecular flexibility index (Phi) is 2.96. The van der Waals surface area contributed by atoms with E-state index in [1.165, 1.54) is 17.8 Å². The number of para-hydroxylation sites is 1. The maximum Gasteiger partial charge on any atom is 0.0399 e. The van der Waals surface area contributed by atoms with E-state index in [1.54, 1.807) is 0 Å². The molecule has 1 heterocycles. The zero-order chi connectivity index (χ0) is 10.8. The van der Waals surface area contributed by atoms with Gasteiger partial charge in [-0.1, -0.05) is 18.2 Å². The Labute approximate surface area is 92.5 Å². The van der Waals surface area contributed by atoms with Crippen LogP contribution in [0.4, 0.5) is 5.69 Å². The first-order chi connectivity index (χ1) is 7.18. The molecule has 2 rings (SSSR count). The van der Waals surface area contributed by atoms with Crippen molar-refractivity contribution in [2.75, 3.05) is 31.6 Å². The minimum absolute atomic E-state index is 0.616. The molecule has 0 radical (unpaired) electrons. The lowest BCUT2D eigenvalue weighted by Crippen LogP contribution is -2.50. The van der Waals surface area contributed by atoms with Crippen LogP contribution in [0.25, 0.3) is 0 Å². The summed E-state index contributed by atoms with van der Waals surface area (Å²) in [6.45, 7) is 7.97. The normalized spacial score (nSPS) is 23.1. The summed E-state index contributed by atoms with van der Waals surface area (Å²) < 4.78 is 0. The average Bonchev–Trinajstić information content (AvgIpc) is 2.20. The van der Waals surface area contributed by atoms with Gasteiger partial charge in [-0.3, -0.25) is 0 Å². The molecule has 2 nitrogen and oxygen atoms in total. The molecule has 1 unspecified atom stereocenters. The van der Waals surface area contributed by atoms with Crippen molar-refractivity contribution in [2.24, 2.45) is 0 Å². The van der Waals surface area contributed by atoms with E-state index in [-0.39, 0.29) is 0 Å². The Bertz CT molecular complexity index is 335. The zero-order valence-electron chi connectivity index (χ0n) is 9.90. The minimum atomic E-state index is 0.616. The number of anilines is 1.